The van der Waals surface area contributed by atoms with Gasteiger partial charge in [0, 0.05) is 26.3 Å². The van der Waals surface area contributed by atoms with E-state index >= 15 is 0 Å². The van der Waals surface area contributed by atoms with Gasteiger partial charge in [0.25, 0.3) is 0 Å². The van der Waals surface area contributed by atoms with Crippen molar-refractivity contribution >= 4 is 6.09 Å². The highest BCUT2D eigenvalue weighted by molar-refractivity contribution is 5.68. The molecule has 2 aromatic rings. The van der Waals surface area contributed by atoms with Gasteiger partial charge < -0.3 is 18.7 Å². The summed E-state index contributed by atoms with van der Waals surface area (Å²) in [6, 6.07) is 3.89. The normalized spacial score (nSPS) is 18.7. The molecule has 1 aliphatic heterocycles. The minimum atomic E-state index is -0.492. The summed E-state index contributed by atoms with van der Waals surface area (Å²) in [7, 11) is 1.94. The van der Waals surface area contributed by atoms with Crippen molar-refractivity contribution in [3.8, 4) is 11.5 Å². The molecule has 1 amide bonds. The second kappa shape index (κ2) is 6.30. The summed E-state index contributed by atoms with van der Waals surface area (Å²) in [6.07, 6.45) is 3.48. The highest BCUT2D eigenvalue weighted by atomic mass is 16.6. The Labute approximate surface area is 141 Å². The standard InChI is InChI=1S/C17H24N4O3/c1-17(2,3)23-16(22)21-10-5-7-12(11-21)15-18-14(19-24-15)13-8-6-9-20(13)4/h6,8-9,12H,5,7,10-11H2,1-4H3. The van der Waals surface area contributed by atoms with Crippen LogP contribution in [0.15, 0.2) is 22.9 Å². The summed E-state index contributed by atoms with van der Waals surface area (Å²) in [5.41, 5.74) is 0.415. The van der Waals surface area contributed by atoms with Gasteiger partial charge in [-0.1, -0.05) is 5.16 Å². The third kappa shape index (κ3) is 3.60. The Morgan fingerprint density at radius 1 is 1.42 bits per heavy atom. The fraction of sp³-hybridized carbons (Fsp3) is 0.588. The molecule has 0 N–H and O–H groups in total. The third-order valence-electron chi connectivity index (χ3n) is 4.04. The Bertz CT molecular complexity index is 713. The van der Waals surface area contributed by atoms with E-state index in [4.69, 9.17) is 9.26 Å². The number of hydrogen-bond acceptors (Lipinski definition) is 5. The molecule has 0 spiro atoms. The minimum absolute atomic E-state index is 0.0489. The second-order valence-corrected chi connectivity index (χ2v) is 7.23. The average molecular weight is 332 g/mol. The molecule has 0 aromatic carbocycles. The van der Waals surface area contributed by atoms with Crippen molar-refractivity contribution in [2.75, 3.05) is 13.1 Å². The molecule has 1 fully saturated rings. The monoisotopic (exact) mass is 332 g/mol. The number of aromatic nitrogens is 3. The number of amides is 1. The molecule has 2 aromatic heterocycles. The molecule has 0 aliphatic carbocycles. The van der Waals surface area contributed by atoms with Gasteiger partial charge in [-0.25, -0.2) is 4.79 Å². The first-order valence-electron chi connectivity index (χ1n) is 8.27. The first kappa shape index (κ1) is 16.5. The summed E-state index contributed by atoms with van der Waals surface area (Å²) in [5.74, 6) is 1.21. The van der Waals surface area contributed by atoms with Gasteiger partial charge in [-0.3, -0.25) is 0 Å². The Balaban J connectivity index is 1.70. The zero-order chi connectivity index (χ0) is 17.3. The molecule has 0 bridgehead atoms. The molecule has 130 valence electrons. The first-order valence-corrected chi connectivity index (χ1v) is 8.27. The van der Waals surface area contributed by atoms with Crippen LogP contribution in [0.1, 0.15) is 45.4 Å². The fourth-order valence-corrected chi connectivity index (χ4v) is 2.87. The molecule has 1 unspecified atom stereocenters. The van der Waals surface area contributed by atoms with Crippen LogP contribution in [0, 0.1) is 0 Å². The molecule has 7 nitrogen and oxygen atoms in total. The summed E-state index contributed by atoms with van der Waals surface area (Å²) >= 11 is 0. The van der Waals surface area contributed by atoms with Crippen molar-refractivity contribution in [1.29, 1.82) is 0 Å². The maximum absolute atomic E-state index is 12.3. The molecule has 1 aliphatic rings. The van der Waals surface area contributed by atoms with E-state index in [0.717, 1.165) is 18.5 Å². The van der Waals surface area contributed by atoms with Crippen molar-refractivity contribution < 1.29 is 14.1 Å². The highest BCUT2D eigenvalue weighted by Gasteiger charge is 2.31. The van der Waals surface area contributed by atoms with Crippen LogP contribution in [0.5, 0.6) is 0 Å². The molecule has 3 heterocycles. The first-order chi connectivity index (χ1) is 11.3. The third-order valence-corrected chi connectivity index (χ3v) is 4.04. The number of ether oxygens (including phenoxy) is 1. The molecule has 24 heavy (non-hydrogen) atoms. The summed E-state index contributed by atoms with van der Waals surface area (Å²) in [5, 5.41) is 4.08. The van der Waals surface area contributed by atoms with Gasteiger partial charge in [0.2, 0.25) is 11.7 Å². The summed E-state index contributed by atoms with van der Waals surface area (Å²) < 4.78 is 12.9. The lowest BCUT2D eigenvalue weighted by Gasteiger charge is -2.32. The zero-order valence-corrected chi connectivity index (χ0v) is 14.7. The van der Waals surface area contributed by atoms with Crippen LogP contribution >= 0.6 is 0 Å². The van der Waals surface area contributed by atoms with Gasteiger partial charge in [-0.15, -0.1) is 0 Å². The maximum atomic E-state index is 12.3. The van der Waals surface area contributed by atoms with E-state index in [2.05, 4.69) is 10.1 Å². The van der Waals surface area contributed by atoms with E-state index in [0.29, 0.717) is 24.8 Å². The van der Waals surface area contributed by atoms with E-state index < -0.39 is 5.60 Å². The predicted octanol–water partition coefficient (Wildman–Crippen LogP) is 3.19. The number of carbonyl (C=O) groups excluding carboxylic acids is 1. The predicted molar refractivity (Wildman–Crippen MR) is 88.5 cm³/mol. The van der Waals surface area contributed by atoms with Gasteiger partial charge in [-0.2, -0.15) is 4.98 Å². The van der Waals surface area contributed by atoms with Crippen molar-refractivity contribution in [3.63, 3.8) is 0 Å². The Kier molecular flexibility index (Phi) is 4.34. The SMILES string of the molecule is Cn1cccc1-c1noc(C2CCCN(C(=O)OC(C)(C)C)C2)n1. The lowest BCUT2D eigenvalue weighted by molar-refractivity contribution is 0.0189. The van der Waals surface area contributed by atoms with Crippen LogP contribution in [-0.2, 0) is 11.8 Å². The number of hydrogen-bond donors (Lipinski definition) is 0. The number of piperidine rings is 1. The second-order valence-electron chi connectivity index (χ2n) is 7.23. The maximum Gasteiger partial charge on any atom is 0.410 e. The Hall–Kier alpha value is -2.31. The number of likely N-dealkylation sites (tertiary alicyclic amines) is 1. The average Bonchev–Trinajstić information content (AvgIpc) is 3.14. The van der Waals surface area contributed by atoms with Crippen molar-refractivity contribution in [1.82, 2.24) is 19.6 Å². The van der Waals surface area contributed by atoms with Gasteiger partial charge in [0.05, 0.1) is 11.6 Å². The number of aryl methyl sites for hydroxylation is 1. The highest BCUT2D eigenvalue weighted by Crippen LogP contribution is 2.28. The van der Waals surface area contributed by atoms with Crippen LogP contribution in [0.4, 0.5) is 4.79 Å². The van der Waals surface area contributed by atoms with E-state index in [9.17, 15) is 4.79 Å². The van der Waals surface area contributed by atoms with Crippen LogP contribution in [0.25, 0.3) is 11.5 Å². The van der Waals surface area contributed by atoms with E-state index in [1.165, 1.54) is 0 Å². The van der Waals surface area contributed by atoms with Gasteiger partial charge in [0.1, 0.15) is 5.60 Å². The van der Waals surface area contributed by atoms with Crippen LogP contribution < -0.4 is 0 Å². The lowest BCUT2D eigenvalue weighted by Crippen LogP contribution is -2.42. The van der Waals surface area contributed by atoms with Crippen LogP contribution in [0.2, 0.25) is 0 Å². The molecule has 1 atom stereocenters. The molecule has 0 saturated carbocycles. The minimum Gasteiger partial charge on any atom is -0.444 e. The van der Waals surface area contributed by atoms with Crippen LogP contribution in [0.3, 0.4) is 0 Å². The number of rotatable bonds is 2. The van der Waals surface area contributed by atoms with E-state index in [1.807, 2.05) is 50.7 Å². The Morgan fingerprint density at radius 2 is 2.21 bits per heavy atom. The summed E-state index contributed by atoms with van der Waals surface area (Å²) in [4.78, 5) is 18.5. The van der Waals surface area contributed by atoms with Gasteiger partial charge in [0.15, 0.2) is 0 Å². The topological polar surface area (TPSA) is 73.4 Å². The quantitative estimate of drug-likeness (QED) is 0.844. The van der Waals surface area contributed by atoms with Gasteiger partial charge in [-0.05, 0) is 45.7 Å². The largest absolute Gasteiger partial charge is 0.444 e. The molecule has 1 saturated heterocycles. The van der Waals surface area contributed by atoms with Crippen molar-refractivity contribution in [2.45, 2.75) is 45.1 Å². The van der Waals surface area contributed by atoms with E-state index in [1.54, 1.807) is 4.90 Å². The molecule has 0 radical (unpaired) electrons. The number of carbonyl (C=O) groups is 1. The molecular weight excluding hydrogens is 308 g/mol. The van der Waals surface area contributed by atoms with E-state index in [-0.39, 0.29) is 12.0 Å². The molecule has 7 heteroatoms. The van der Waals surface area contributed by atoms with Crippen molar-refractivity contribution in [3.05, 3.63) is 24.2 Å². The summed E-state index contributed by atoms with van der Waals surface area (Å²) in [6.45, 7) is 6.86. The molecular formula is C17H24N4O3. The number of nitrogens with zero attached hydrogens (tertiary/aromatic N) is 4. The van der Waals surface area contributed by atoms with Crippen LogP contribution in [-0.4, -0.2) is 44.4 Å². The molecule has 3 rings (SSSR count). The Morgan fingerprint density at radius 3 is 2.88 bits per heavy atom. The zero-order valence-electron chi connectivity index (χ0n) is 14.7. The fourth-order valence-electron chi connectivity index (χ4n) is 2.87. The lowest BCUT2D eigenvalue weighted by atomic mass is 9.98. The smallest absolute Gasteiger partial charge is 0.410 e. The van der Waals surface area contributed by atoms with Gasteiger partial charge >= 0.3 is 6.09 Å². The van der Waals surface area contributed by atoms with Crippen molar-refractivity contribution in [2.24, 2.45) is 7.05 Å².